The molecular formula is C14H20O4. The van der Waals surface area contributed by atoms with Crippen molar-refractivity contribution in [2.24, 2.45) is 11.8 Å². The molecule has 0 aromatic carbocycles. The fourth-order valence-corrected chi connectivity index (χ4v) is 2.76. The maximum absolute atomic E-state index is 11.7. The van der Waals surface area contributed by atoms with Gasteiger partial charge in [-0.2, -0.15) is 0 Å². The van der Waals surface area contributed by atoms with Crippen molar-refractivity contribution in [2.75, 3.05) is 0 Å². The second kappa shape index (κ2) is 5.57. The Morgan fingerprint density at radius 2 is 2.00 bits per heavy atom. The van der Waals surface area contributed by atoms with Crippen molar-refractivity contribution >= 4 is 0 Å². The van der Waals surface area contributed by atoms with E-state index in [0.29, 0.717) is 11.8 Å². The molecule has 4 heteroatoms. The van der Waals surface area contributed by atoms with Gasteiger partial charge in [0.05, 0.1) is 6.10 Å². The molecule has 0 spiro atoms. The van der Waals surface area contributed by atoms with E-state index in [4.69, 9.17) is 14.3 Å². The van der Waals surface area contributed by atoms with Gasteiger partial charge in [0.15, 0.2) is 0 Å². The highest BCUT2D eigenvalue weighted by Crippen LogP contribution is 2.30. The Hall–Kier alpha value is -1.29. The molecule has 0 bridgehead atoms. The van der Waals surface area contributed by atoms with Gasteiger partial charge in [-0.1, -0.05) is 13.8 Å². The van der Waals surface area contributed by atoms with Crippen LogP contribution < -0.4 is 10.2 Å². The molecule has 1 saturated carbocycles. The van der Waals surface area contributed by atoms with Crippen LogP contribution in [0, 0.1) is 11.8 Å². The van der Waals surface area contributed by atoms with Crippen LogP contribution in [0.1, 0.15) is 38.9 Å². The molecule has 1 heterocycles. The Bertz CT molecular complexity index is 441. The Balaban J connectivity index is 2.07. The molecule has 100 valence electrons. The molecule has 0 saturated heterocycles. The first-order valence-electron chi connectivity index (χ1n) is 6.47. The third kappa shape index (κ3) is 3.13. The first kappa shape index (κ1) is 13.1. The number of ether oxygens (including phenoxy) is 1. The molecule has 0 aliphatic heterocycles. The van der Waals surface area contributed by atoms with Gasteiger partial charge in [-0.25, -0.2) is 0 Å². The van der Waals surface area contributed by atoms with Gasteiger partial charge in [0, 0.05) is 6.07 Å². The van der Waals surface area contributed by atoms with Gasteiger partial charge < -0.3 is 14.3 Å². The highest BCUT2D eigenvalue weighted by atomic mass is 16.5. The lowest BCUT2D eigenvalue weighted by Crippen LogP contribution is -2.29. The number of hydrogen-bond donors (Lipinski definition) is 1. The molecule has 1 fully saturated rings. The van der Waals surface area contributed by atoms with Crippen molar-refractivity contribution in [2.45, 2.75) is 45.8 Å². The molecule has 18 heavy (non-hydrogen) atoms. The van der Waals surface area contributed by atoms with E-state index in [1.54, 1.807) is 0 Å². The highest BCUT2D eigenvalue weighted by Gasteiger charge is 2.25. The summed E-state index contributed by atoms with van der Waals surface area (Å²) in [7, 11) is 0. The highest BCUT2D eigenvalue weighted by molar-refractivity contribution is 5.17. The van der Waals surface area contributed by atoms with Crippen LogP contribution in [-0.4, -0.2) is 11.2 Å². The van der Waals surface area contributed by atoms with Crippen LogP contribution in [0.5, 0.6) is 5.75 Å². The van der Waals surface area contributed by atoms with Crippen LogP contribution in [-0.2, 0) is 6.61 Å². The molecule has 2 unspecified atom stereocenters. The molecular weight excluding hydrogens is 232 g/mol. The second-order valence-electron chi connectivity index (χ2n) is 5.39. The van der Waals surface area contributed by atoms with Crippen LogP contribution in [0.3, 0.4) is 0 Å². The summed E-state index contributed by atoms with van der Waals surface area (Å²) < 4.78 is 10.8. The van der Waals surface area contributed by atoms with Crippen molar-refractivity contribution in [3.63, 3.8) is 0 Å². The van der Waals surface area contributed by atoms with E-state index in [0.717, 1.165) is 12.8 Å². The molecule has 1 aliphatic rings. The lowest BCUT2D eigenvalue weighted by atomic mass is 9.82. The summed E-state index contributed by atoms with van der Waals surface area (Å²) in [5.41, 5.74) is -0.226. The summed E-state index contributed by atoms with van der Waals surface area (Å²) in [6.07, 6.45) is 4.57. The predicted octanol–water partition coefficient (Wildman–Crippen LogP) is 2.34. The van der Waals surface area contributed by atoms with E-state index in [9.17, 15) is 4.79 Å². The maximum atomic E-state index is 11.7. The van der Waals surface area contributed by atoms with Gasteiger partial charge in [-0.15, -0.1) is 0 Å². The van der Waals surface area contributed by atoms with Gasteiger partial charge in [0.1, 0.15) is 18.6 Å². The molecule has 2 rings (SSSR count). The maximum Gasteiger partial charge on any atom is 0.227 e. The Morgan fingerprint density at radius 1 is 1.33 bits per heavy atom. The fraction of sp³-hybridized carbons (Fsp3) is 0.643. The lowest BCUT2D eigenvalue weighted by molar-refractivity contribution is 0.0970. The summed E-state index contributed by atoms with van der Waals surface area (Å²) in [6, 6.07) is 1.28. The van der Waals surface area contributed by atoms with Gasteiger partial charge >= 0.3 is 0 Å². The van der Waals surface area contributed by atoms with Gasteiger partial charge in [-0.3, -0.25) is 4.79 Å². The standard InChI is InChI=1S/C14H20O4/c1-9-3-10(2)5-11(4-9)18-14-8-17-12(7-15)6-13(14)16/h6,8-11,15H,3-5,7H2,1-2H3. The van der Waals surface area contributed by atoms with Crippen molar-refractivity contribution in [1.29, 1.82) is 0 Å². The van der Waals surface area contributed by atoms with E-state index in [1.807, 2.05) is 0 Å². The number of hydrogen-bond acceptors (Lipinski definition) is 4. The molecule has 1 N–H and O–H groups in total. The average molecular weight is 252 g/mol. The third-order valence-corrected chi connectivity index (χ3v) is 3.44. The van der Waals surface area contributed by atoms with Crippen LogP contribution in [0.4, 0.5) is 0 Å². The lowest BCUT2D eigenvalue weighted by Gasteiger charge is -2.31. The van der Waals surface area contributed by atoms with Crippen molar-refractivity contribution in [3.8, 4) is 5.75 Å². The molecule has 1 aromatic heterocycles. The van der Waals surface area contributed by atoms with Crippen LogP contribution in [0.25, 0.3) is 0 Å². The quantitative estimate of drug-likeness (QED) is 0.897. The summed E-state index contributed by atoms with van der Waals surface area (Å²) in [5.74, 6) is 1.77. The summed E-state index contributed by atoms with van der Waals surface area (Å²) in [5, 5.41) is 8.87. The van der Waals surface area contributed by atoms with Gasteiger partial charge in [0.2, 0.25) is 11.2 Å². The normalized spacial score (nSPS) is 28.1. The Kier molecular flexibility index (Phi) is 4.07. The van der Waals surface area contributed by atoms with Gasteiger partial charge in [-0.05, 0) is 31.1 Å². The molecule has 1 aliphatic carbocycles. The minimum absolute atomic E-state index is 0.0895. The van der Waals surface area contributed by atoms with E-state index in [-0.39, 0.29) is 29.6 Å². The number of aliphatic hydroxyl groups excluding tert-OH is 1. The predicted molar refractivity (Wildman–Crippen MR) is 67.5 cm³/mol. The zero-order chi connectivity index (χ0) is 13.1. The summed E-state index contributed by atoms with van der Waals surface area (Å²) >= 11 is 0. The van der Waals surface area contributed by atoms with Crippen LogP contribution >= 0.6 is 0 Å². The van der Waals surface area contributed by atoms with Crippen molar-refractivity contribution in [3.05, 3.63) is 28.3 Å². The van der Waals surface area contributed by atoms with Crippen molar-refractivity contribution < 1.29 is 14.3 Å². The van der Waals surface area contributed by atoms with Crippen LogP contribution in [0.15, 0.2) is 21.5 Å². The molecule has 2 atom stereocenters. The molecule has 0 radical (unpaired) electrons. The smallest absolute Gasteiger partial charge is 0.227 e. The van der Waals surface area contributed by atoms with E-state index in [2.05, 4.69) is 13.8 Å². The zero-order valence-electron chi connectivity index (χ0n) is 10.9. The number of aliphatic hydroxyl groups is 1. The second-order valence-corrected chi connectivity index (χ2v) is 5.39. The van der Waals surface area contributed by atoms with Crippen LogP contribution in [0.2, 0.25) is 0 Å². The minimum Gasteiger partial charge on any atom is -0.483 e. The molecule has 1 aromatic rings. The topological polar surface area (TPSA) is 59.7 Å². The minimum atomic E-state index is -0.271. The summed E-state index contributed by atoms with van der Waals surface area (Å²) in [4.78, 5) is 11.7. The monoisotopic (exact) mass is 252 g/mol. The first-order chi connectivity index (χ1) is 8.58. The van der Waals surface area contributed by atoms with E-state index < -0.39 is 0 Å². The Morgan fingerprint density at radius 3 is 2.56 bits per heavy atom. The third-order valence-electron chi connectivity index (χ3n) is 3.44. The van der Waals surface area contributed by atoms with E-state index >= 15 is 0 Å². The fourth-order valence-electron chi connectivity index (χ4n) is 2.76. The average Bonchev–Trinajstić information content (AvgIpc) is 2.30. The molecule has 4 nitrogen and oxygen atoms in total. The Labute approximate surface area is 107 Å². The molecule has 0 amide bonds. The largest absolute Gasteiger partial charge is 0.483 e. The first-order valence-corrected chi connectivity index (χ1v) is 6.47. The number of rotatable bonds is 3. The SMILES string of the molecule is CC1CC(C)CC(Oc2coc(CO)cc2=O)C1. The van der Waals surface area contributed by atoms with E-state index in [1.165, 1.54) is 18.8 Å². The summed E-state index contributed by atoms with van der Waals surface area (Å²) in [6.45, 7) is 4.15. The zero-order valence-corrected chi connectivity index (χ0v) is 10.9. The van der Waals surface area contributed by atoms with Gasteiger partial charge in [0.25, 0.3) is 0 Å². The van der Waals surface area contributed by atoms with Crippen molar-refractivity contribution in [1.82, 2.24) is 0 Å².